The molecule has 1 unspecified atom stereocenters. The fourth-order valence-electron chi connectivity index (χ4n) is 7.35. The van der Waals surface area contributed by atoms with Crippen LogP contribution in [-0.2, 0) is 6.42 Å². The van der Waals surface area contributed by atoms with Gasteiger partial charge in [0.2, 0.25) is 0 Å². The van der Waals surface area contributed by atoms with Crippen molar-refractivity contribution in [2.75, 3.05) is 26.2 Å². The van der Waals surface area contributed by atoms with Gasteiger partial charge in [-0.15, -0.1) is 12.4 Å². The zero-order chi connectivity index (χ0) is 20.7. The molecule has 4 bridgehead atoms. The van der Waals surface area contributed by atoms with Crippen molar-refractivity contribution < 1.29 is 4.79 Å². The first-order valence-corrected chi connectivity index (χ1v) is 12.4. The minimum atomic E-state index is -0.00223. The first-order chi connectivity index (χ1) is 14.5. The Morgan fingerprint density at radius 2 is 1.84 bits per heavy atom. The van der Waals surface area contributed by atoms with Crippen LogP contribution in [0.4, 0.5) is 0 Å². The van der Waals surface area contributed by atoms with Crippen LogP contribution in [0.1, 0.15) is 67.3 Å². The van der Waals surface area contributed by atoms with Crippen LogP contribution in [-0.4, -0.2) is 43.0 Å². The van der Waals surface area contributed by atoms with Crippen molar-refractivity contribution in [3.63, 3.8) is 0 Å². The molecule has 172 valence electrons. The molecule has 31 heavy (non-hydrogen) atoms. The van der Waals surface area contributed by atoms with Crippen molar-refractivity contribution in [3.05, 3.63) is 34.3 Å². The molecule has 6 heteroatoms. The Kier molecular flexibility index (Phi) is 7.22. The van der Waals surface area contributed by atoms with Crippen molar-refractivity contribution in [3.8, 4) is 0 Å². The van der Waals surface area contributed by atoms with Crippen LogP contribution < -0.4 is 11.1 Å². The van der Waals surface area contributed by atoms with Crippen LogP contribution in [0.25, 0.3) is 0 Å². The highest BCUT2D eigenvalue weighted by atomic mass is 35.5. The standard InChI is InChI=1S/C25H36ClN3O.ClH/c26-23-4-3-17(5-7-29-6-1-2-21(27)15-29)11-22(23)24(30)28-16-25-12-18-8-19(13-25)10-20(9-18)14-25;/h3-4,11,18-21H,1-2,5-10,12-16,27H2,(H,28,30);1H. The minimum Gasteiger partial charge on any atom is -0.351 e. The van der Waals surface area contributed by atoms with Crippen LogP contribution >= 0.6 is 24.0 Å². The summed E-state index contributed by atoms with van der Waals surface area (Å²) < 4.78 is 0. The number of likely N-dealkylation sites (tertiary alicyclic amines) is 1. The first kappa shape index (κ1) is 23.4. The Bertz CT molecular complexity index is 764. The number of benzene rings is 1. The van der Waals surface area contributed by atoms with E-state index in [0.717, 1.165) is 56.8 Å². The maximum atomic E-state index is 13.0. The first-order valence-electron chi connectivity index (χ1n) is 12.0. The lowest BCUT2D eigenvalue weighted by Crippen LogP contribution is -2.51. The van der Waals surface area contributed by atoms with E-state index >= 15 is 0 Å². The predicted molar refractivity (Wildman–Crippen MR) is 129 cm³/mol. The van der Waals surface area contributed by atoms with Crippen molar-refractivity contribution in [2.24, 2.45) is 28.9 Å². The number of nitrogens with one attached hydrogen (secondary N) is 1. The smallest absolute Gasteiger partial charge is 0.252 e. The third-order valence-electron chi connectivity index (χ3n) is 8.32. The van der Waals surface area contributed by atoms with E-state index in [1.807, 2.05) is 12.1 Å². The third kappa shape index (κ3) is 5.24. The monoisotopic (exact) mass is 465 g/mol. The number of amides is 1. The van der Waals surface area contributed by atoms with Gasteiger partial charge in [-0.1, -0.05) is 17.7 Å². The van der Waals surface area contributed by atoms with Gasteiger partial charge in [-0.2, -0.15) is 0 Å². The number of halogens is 2. The average molecular weight is 466 g/mol. The number of hydrogen-bond donors (Lipinski definition) is 2. The summed E-state index contributed by atoms with van der Waals surface area (Å²) in [6.07, 6.45) is 11.5. The molecule has 1 atom stereocenters. The Balaban J connectivity index is 0.00000231. The minimum absolute atomic E-state index is 0. The van der Waals surface area contributed by atoms with E-state index < -0.39 is 0 Å². The zero-order valence-corrected chi connectivity index (χ0v) is 20.0. The van der Waals surface area contributed by atoms with Gasteiger partial charge in [-0.25, -0.2) is 0 Å². The average Bonchev–Trinajstić information content (AvgIpc) is 2.70. The van der Waals surface area contributed by atoms with Gasteiger partial charge in [-0.05, 0) is 105 Å². The molecule has 0 spiro atoms. The zero-order valence-electron chi connectivity index (χ0n) is 18.5. The Morgan fingerprint density at radius 3 is 2.48 bits per heavy atom. The van der Waals surface area contributed by atoms with E-state index in [0.29, 0.717) is 22.0 Å². The lowest BCUT2D eigenvalue weighted by molar-refractivity contribution is -0.0503. The lowest BCUT2D eigenvalue weighted by atomic mass is 9.49. The molecule has 1 aromatic carbocycles. The molecule has 4 aliphatic carbocycles. The highest BCUT2D eigenvalue weighted by Gasteiger charge is 2.50. The summed E-state index contributed by atoms with van der Waals surface area (Å²) >= 11 is 6.43. The molecule has 6 rings (SSSR count). The quantitative estimate of drug-likeness (QED) is 0.641. The second-order valence-electron chi connectivity index (χ2n) is 10.9. The van der Waals surface area contributed by atoms with Crippen LogP contribution in [0.3, 0.4) is 0 Å². The molecular formula is C25H37Cl2N3O. The molecule has 0 aromatic heterocycles. The van der Waals surface area contributed by atoms with Gasteiger partial charge in [0, 0.05) is 25.7 Å². The van der Waals surface area contributed by atoms with Crippen LogP contribution in [0.15, 0.2) is 18.2 Å². The van der Waals surface area contributed by atoms with E-state index in [2.05, 4.69) is 16.3 Å². The van der Waals surface area contributed by atoms with Gasteiger partial charge in [-0.3, -0.25) is 4.79 Å². The second kappa shape index (κ2) is 9.59. The number of carbonyl (C=O) groups is 1. The van der Waals surface area contributed by atoms with Crippen molar-refractivity contribution in [1.29, 1.82) is 0 Å². The number of carbonyl (C=O) groups excluding carboxylic acids is 1. The van der Waals surface area contributed by atoms with Crippen molar-refractivity contribution in [2.45, 2.75) is 63.8 Å². The lowest BCUT2D eigenvalue weighted by Gasteiger charge is -2.56. The number of rotatable bonds is 6. The summed E-state index contributed by atoms with van der Waals surface area (Å²) in [5.74, 6) is 2.71. The predicted octanol–water partition coefficient (Wildman–Crippen LogP) is 4.67. The molecule has 3 N–H and O–H groups in total. The number of piperidine rings is 1. The van der Waals surface area contributed by atoms with Gasteiger partial charge >= 0.3 is 0 Å². The number of nitrogens with zero attached hydrogens (tertiary/aromatic N) is 1. The molecule has 1 aliphatic heterocycles. The summed E-state index contributed by atoms with van der Waals surface area (Å²) in [4.78, 5) is 15.5. The maximum Gasteiger partial charge on any atom is 0.252 e. The topological polar surface area (TPSA) is 58.4 Å². The number of nitrogens with two attached hydrogens (primary N) is 1. The maximum absolute atomic E-state index is 13.0. The summed E-state index contributed by atoms with van der Waals surface area (Å²) in [5, 5.41) is 3.84. The van der Waals surface area contributed by atoms with E-state index in [-0.39, 0.29) is 18.3 Å². The summed E-state index contributed by atoms with van der Waals surface area (Å²) in [6.45, 7) is 3.91. The van der Waals surface area contributed by atoms with Gasteiger partial charge in [0.05, 0.1) is 10.6 Å². The van der Waals surface area contributed by atoms with Crippen molar-refractivity contribution in [1.82, 2.24) is 10.2 Å². The highest BCUT2D eigenvalue weighted by Crippen LogP contribution is 2.59. The van der Waals surface area contributed by atoms with Crippen LogP contribution in [0, 0.1) is 23.2 Å². The molecule has 4 saturated carbocycles. The molecule has 5 fully saturated rings. The largest absolute Gasteiger partial charge is 0.351 e. The van der Waals surface area contributed by atoms with E-state index in [4.69, 9.17) is 17.3 Å². The Hall–Kier alpha value is -0.810. The summed E-state index contributed by atoms with van der Waals surface area (Å²) in [7, 11) is 0. The van der Waals surface area contributed by atoms with Gasteiger partial charge in [0.15, 0.2) is 0 Å². The summed E-state index contributed by atoms with van der Waals surface area (Å²) in [6, 6.07) is 6.25. The molecule has 5 aliphatic rings. The Labute approximate surface area is 198 Å². The molecule has 1 heterocycles. The van der Waals surface area contributed by atoms with Crippen LogP contribution in [0.5, 0.6) is 0 Å². The third-order valence-corrected chi connectivity index (χ3v) is 8.65. The van der Waals surface area contributed by atoms with Gasteiger partial charge in [0.1, 0.15) is 0 Å². The second-order valence-corrected chi connectivity index (χ2v) is 11.3. The molecule has 1 saturated heterocycles. The Morgan fingerprint density at radius 1 is 1.16 bits per heavy atom. The molecule has 0 radical (unpaired) electrons. The molecule has 1 amide bonds. The van der Waals surface area contributed by atoms with E-state index in [1.165, 1.54) is 50.5 Å². The van der Waals surface area contributed by atoms with E-state index in [9.17, 15) is 4.79 Å². The fourth-order valence-corrected chi connectivity index (χ4v) is 7.56. The normalized spacial score (nSPS) is 34.4. The molecular weight excluding hydrogens is 429 g/mol. The summed E-state index contributed by atoms with van der Waals surface area (Å²) in [5.41, 5.74) is 8.27. The van der Waals surface area contributed by atoms with Gasteiger partial charge < -0.3 is 16.0 Å². The van der Waals surface area contributed by atoms with Crippen LogP contribution in [0.2, 0.25) is 5.02 Å². The SMILES string of the molecule is Cl.NC1CCCN(CCc2ccc(Cl)c(C(=O)NCC34CC5CC(CC(C5)C3)C4)c2)C1. The molecule has 4 nitrogen and oxygen atoms in total. The van der Waals surface area contributed by atoms with Crippen molar-refractivity contribution >= 4 is 29.9 Å². The highest BCUT2D eigenvalue weighted by molar-refractivity contribution is 6.33. The molecule has 1 aromatic rings. The van der Waals surface area contributed by atoms with Gasteiger partial charge in [0.25, 0.3) is 5.91 Å². The number of hydrogen-bond acceptors (Lipinski definition) is 3. The fraction of sp³-hybridized carbons (Fsp3) is 0.720. The van der Waals surface area contributed by atoms with E-state index in [1.54, 1.807) is 0 Å².